The largest absolute Gasteiger partial charge is 0.454 e. The molecule has 0 atom stereocenters. The zero-order chi connectivity index (χ0) is 28.0. The van der Waals surface area contributed by atoms with Crippen LogP contribution in [0.2, 0.25) is 0 Å². The van der Waals surface area contributed by atoms with Crippen LogP contribution in [0.15, 0.2) is 46.1 Å². The molecule has 1 saturated heterocycles. The van der Waals surface area contributed by atoms with E-state index in [0.29, 0.717) is 55.7 Å². The van der Waals surface area contributed by atoms with E-state index >= 15 is 0 Å². The van der Waals surface area contributed by atoms with Crippen LogP contribution in [0.4, 0.5) is 5.82 Å². The Kier molecular flexibility index (Phi) is 6.61. The van der Waals surface area contributed by atoms with Gasteiger partial charge < -0.3 is 24.3 Å². The van der Waals surface area contributed by atoms with Crippen LogP contribution in [-0.2, 0) is 24.9 Å². The number of ether oxygens (including phenoxy) is 4. The van der Waals surface area contributed by atoms with Gasteiger partial charge in [-0.3, -0.25) is 19.1 Å². The van der Waals surface area contributed by atoms with Crippen LogP contribution in [0.25, 0.3) is 6.08 Å². The Hall–Kier alpha value is -4.47. The maximum absolute atomic E-state index is 13.5. The molecule has 3 aliphatic heterocycles. The fourth-order valence-electron chi connectivity index (χ4n) is 4.67. The molecule has 0 bridgehead atoms. The minimum atomic E-state index is -0.430. The lowest BCUT2D eigenvalue weighted by Gasteiger charge is -2.18. The van der Waals surface area contributed by atoms with Gasteiger partial charge in [0.2, 0.25) is 13.6 Å². The Balaban J connectivity index is 1.31. The highest BCUT2D eigenvalue weighted by Crippen LogP contribution is 2.38. The highest BCUT2D eigenvalue weighted by molar-refractivity contribution is 8.26. The molecule has 2 aromatic carbocycles. The van der Waals surface area contributed by atoms with E-state index in [1.807, 2.05) is 36.4 Å². The van der Waals surface area contributed by atoms with E-state index < -0.39 is 5.56 Å². The predicted octanol–water partition coefficient (Wildman–Crippen LogP) is 4.04. The summed E-state index contributed by atoms with van der Waals surface area (Å²) in [7, 11) is 1.59. The lowest BCUT2D eigenvalue weighted by atomic mass is 10.0. The van der Waals surface area contributed by atoms with E-state index in [-0.39, 0.29) is 31.6 Å². The number of thiocarbonyl (C=S) groups is 1. The number of fused-ring (bicyclic) bond motifs is 2. The zero-order valence-electron chi connectivity index (χ0n) is 21.5. The van der Waals surface area contributed by atoms with E-state index in [4.69, 9.17) is 31.2 Å². The van der Waals surface area contributed by atoms with Crippen molar-refractivity contribution in [1.82, 2.24) is 9.47 Å². The third kappa shape index (κ3) is 4.53. The normalized spacial score (nSPS) is 16.1. The van der Waals surface area contributed by atoms with Crippen LogP contribution < -0.4 is 29.8 Å². The summed E-state index contributed by atoms with van der Waals surface area (Å²) in [5.41, 5.74) is 2.36. The van der Waals surface area contributed by atoms with Crippen molar-refractivity contribution in [3.8, 4) is 29.1 Å². The number of carbonyl (C=O) groups is 1. The summed E-state index contributed by atoms with van der Waals surface area (Å²) in [4.78, 5) is 28.4. The van der Waals surface area contributed by atoms with Crippen LogP contribution in [0.3, 0.4) is 0 Å². The van der Waals surface area contributed by atoms with E-state index in [1.165, 1.54) is 21.2 Å². The van der Waals surface area contributed by atoms with Gasteiger partial charge >= 0.3 is 0 Å². The average molecular weight is 575 g/mol. The smallest absolute Gasteiger partial charge is 0.270 e. The van der Waals surface area contributed by atoms with Gasteiger partial charge in [0.05, 0.1) is 11.4 Å². The highest BCUT2D eigenvalue weighted by Gasteiger charge is 2.33. The van der Waals surface area contributed by atoms with Gasteiger partial charge in [0, 0.05) is 19.2 Å². The molecule has 1 fully saturated rings. The monoisotopic (exact) mass is 574 g/mol. The summed E-state index contributed by atoms with van der Waals surface area (Å²) in [5, 5.41) is 13.0. The second-order valence-electron chi connectivity index (χ2n) is 9.23. The van der Waals surface area contributed by atoms with Gasteiger partial charge in [-0.25, -0.2) is 0 Å². The SMILES string of the molecule is Cc1c(/C=C2/SC(=S)N(Cc3ccc4c(c3)OCO4)C2=O)c(NCc2ccc3c(c2)OCO3)n(C)c(=O)c1C#N. The second kappa shape index (κ2) is 10.3. The van der Waals surface area contributed by atoms with E-state index in [9.17, 15) is 14.9 Å². The summed E-state index contributed by atoms with van der Waals surface area (Å²) in [6, 6.07) is 13.1. The maximum atomic E-state index is 13.5. The molecule has 3 aliphatic rings. The summed E-state index contributed by atoms with van der Waals surface area (Å²) in [6.07, 6.45) is 1.69. The van der Waals surface area contributed by atoms with Gasteiger partial charge in [-0.15, -0.1) is 0 Å². The Morgan fingerprint density at radius 1 is 1.02 bits per heavy atom. The van der Waals surface area contributed by atoms with Crippen molar-refractivity contribution in [2.75, 3.05) is 18.9 Å². The minimum Gasteiger partial charge on any atom is -0.454 e. The number of nitriles is 1. The second-order valence-corrected chi connectivity index (χ2v) is 10.9. The van der Waals surface area contributed by atoms with Crippen molar-refractivity contribution in [3.63, 3.8) is 0 Å². The molecule has 3 aromatic rings. The Morgan fingerprint density at radius 2 is 1.65 bits per heavy atom. The maximum Gasteiger partial charge on any atom is 0.270 e. The number of nitrogens with one attached hydrogen (secondary N) is 1. The van der Waals surface area contributed by atoms with Gasteiger partial charge in [0.25, 0.3) is 11.5 Å². The van der Waals surface area contributed by atoms with Crippen molar-refractivity contribution in [3.05, 3.63) is 79.5 Å². The number of carbonyl (C=O) groups excluding carboxylic acids is 1. The van der Waals surface area contributed by atoms with E-state index in [2.05, 4.69) is 5.32 Å². The van der Waals surface area contributed by atoms with Crippen molar-refractivity contribution < 1.29 is 23.7 Å². The van der Waals surface area contributed by atoms with Gasteiger partial charge in [-0.2, -0.15) is 5.26 Å². The van der Waals surface area contributed by atoms with Crippen molar-refractivity contribution in [1.29, 1.82) is 5.26 Å². The zero-order valence-corrected chi connectivity index (χ0v) is 23.1. The highest BCUT2D eigenvalue weighted by atomic mass is 32.2. The first kappa shape index (κ1) is 25.8. The van der Waals surface area contributed by atoms with Crippen LogP contribution in [0, 0.1) is 18.3 Å². The number of nitrogens with zero attached hydrogens (tertiary/aromatic N) is 3. The Bertz CT molecular complexity index is 1730. The number of hydrogen-bond donors (Lipinski definition) is 1. The molecule has 0 unspecified atom stereocenters. The first-order chi connectivity index (χ1) is 19.3. The number of rotatable bonds is 6. The third-order valence-electron chi connectivity index (χ3n) is 6.82. The molecular formula is C28H22N4O6S2. The summed E-state index contributed by atoms with van der Waals surface area (Å²) in [6.45, 7) is 2.67. The van der Waals surface area contributed by atoms with Crippen molar-refractivity contribution in [2.45, 2.75) is 20.0 Å². The number of benzene rings is 2. The molecule has 10 nitrogen and oxygen atoms in total. The fraction of sp³-hybridized carbons (Fsp3) is 0.214. The van der Waals surface area contributed by atoms with Crippen LogP contribution in [0.1, 0.15) is 27.8 Å². The quantitative estimate of drug-likeness (QED) is 0.342. The topological polar surface area (TPSA) is 115 Å². The Morgan fingerprint density at radius 3 is 2.33 bits per heavy atom. The molecule has 1 aromatic heterocycles. The molecule has 6 rings (SSSR count). The number of amides is 1. The van der Waals surface area contributed by atoms with Crippen LogP contribution in [0.5, 0.6) is 23.0 Å². The van der Waals surface area contributed by atoms with Crippen LogP contribution >= 0.6 is 24.0 Å². The first-order valence-corrected chi connectivity index (χ1v) is 13.5. The lowest BCUT2D eigenvalue weighted by molar-refractivity contribution is -0.122. The molecule has 1 N–H and O–H groups in total. The minimum absolute atomic E-state index is 0.0122. The molecule has 202 valence electrons. The molecule has 0 saturated carbocycles. The summed E-state index contributed by atoms with van der Waals surface area (Å²) < 4.78 is 23.5. The van der Waals surface area contributed by atoms with E-state index in [0.717, 1.165) is 11.1 Å². The summed E-state index contributed by atoms with van der Waals surface area (Å²) in [5.74, 6) is 2.82. The molecule has 12 heteroatoms. The molecule has 4 heterocycles. The standard InChI is InChI=1S/C28H22N4O6S2/c1-15-18(9-24-27(34)32(28(39)40-24)12-17-4-6-21-23(8-17)38-14-36-21)25(31(2)26(33)19(15)10-29)30-11-16-3-5-20-22(7-16)37-13-35-20/h3-9,30H,11-14H2,1-2H3/b24-9+. The van der Waals surface area contributed by atoms with E-state index in [1.54, 1.807) is 26.1 Å². The molecule has 0 spiro atoms. The first-order valence-electron chi connectivity index (χ1n) is 12.2. The molecular weight excluding hydrogens is 552 g/mol. The molecule has 1 amide bonds. The lowest BCUT2D eigenvalue weighted by Crippen LogP contribution is -2.27. The van der Waals surface area contributed by atoms with Gasteiger partial charge in [-0.05, 0) is 54.0 Å². The van der Waals surface area contributed by atoms with Crippen molar-refractivity contribution >= 4 is 46.1 Å². The molecule has 40 heavy (non-hydrogen) atoms. The number of aromatic nitrogens is 1. The number of pyridine rings is 1. The van der Waals surface area contributed by atoms with Crippen molar-refractivity contribution in [2.24, 2.45) is 7.05 Å². The van der Waals surface area contributed by atoms with Gasteiger partial charge in [0.1, 0.15) is 21.8 Å². The fourth-order valence-corrected chi connectivity index (χ4v) is 5.91. The predicted molar refractivity (Wildman–Crippen MR) is 152 cm³/mol. The third-order valence-corrected chi connectivity index (χ3v) is 8.20. The number of thioether (sulfide) groups is 1. The molecule has 0 aliphatic carbocycles. The number of anilines is 1. The van der Waals surface area contributed by atoms with Gasteiger partial charge in [-0.1, -0.05) is 36.1 Å². The van der Waals surface area contributed by atoms with Crippen LogP contribution in [-0.4, -0.2) is 33.3 Å². The Labute approximate surface area is 238 Å². The number of hydrogen-bond acceptors (Lipinski definition) is 10. The average Bonchev–Trinajstić information content (AvgIpc) is 3.67. The summed E-state index contributed by atoms with van der Waals surface area (Å²) >= 11 is 6.73. The molecule has 0 radical (unpaired) electrons. The van der Waals surface area contributed by atoms with Gasteiger partial charge in [0.15, 0.2) is 23.0 Å².